The van der Waals surface area contributed by atoms with E-state index in [1.54, 1.807) is 0 Å². The molecular formula is C12H18N2O2. The van der Waals surface area contributed by atoms with Gasteiger partial charge < -0.3 is 10.1 Å². The van der Waals surface area contributed by atoms with Gasteiger partial charge in [-0.05, 0) is 32.6 Å². The molecule has 2 atom stereocenters. The minimum absolute atomic E-state index is 0.0827. The molecule has 1 saturated carbocycles. The third-order valence-corrected chi connectivity index (χ3v) is 3.89. The standard InChI is InChI=1S/C12H18N2O2/c1-9(10-3-6-16-7-10)14-11(15)12(8-13)4-2-5-12/h9-10H,2-7H2,1H3,(H,14,15). The van der Waals surface area contributed by atoms with E-state index in [1.807, 2.05) is 6.92 Å². The lowest BCUT2D eigenvalue weighted by Crippen LogP contribution is -2.49. The van der Waals surface area contributed by atoms with Gasteiger partial charge >= 0.3 is 0 Å². The van der Waals surface area contributed by atoms with Gasteiger partial charge in [-0.3, -0.25) is 4.79 Å². The molecule has 1 saturated heterocycles. The molecule has 4 heteroatoms. The van der Waals surface area contributed by atoms with Gasteiger partial charge in [0, 0.05) is 18.6 Å². The summed E-state index contributed by atoms with van der Waals surface area (Å²) in [5.74, 6) is 0.320. The fraction of sp³-hybridized carbons (Fsp3) is 0.833. The van der Waals surface area contributed by atoms with E-state index in [4.69, 9.17) is 10.00 Å². The minimum Gasteiger partial charge on any atom is -0.381 e. The summed E-state index contributed by atoms with van der Waals surface area (Å²) in [5, 5.41) is 12.0. The zero-order chi connectivity index (χ0) is 11.6. The van der Waals surface area contributed by atoms with Crippen molar-refractivity contribution in [3.05, 3.63) is 0 Å². The van der Waals surface area contributed by atoms with Crippen molar-refractivity contribution in [1.82, 2.24) is 5.32 Å². The first-order valence-corrected chi connectivity index (χ1v) is 5.98. The highest BCUT2D eigenvalue weighted by molar-refractivity contribution is 5.86. The largest absolute Gasteiger partial charge is 0.381 e. The third kappa shape index (κ3) is 1.92. The van der Waals surface area contributed by atoms with Crippen LogP contribution in [0.4, 0.5) is 0 Å². The van der Waals surface area contributed by atoms with Gasteiger partial charge in [0.15, 0.2) is 0 Å². The maximum Gasteiger partial charge on any atom is 0.240 e. The quantitative estimate of drug-likeness (QED) is 0.781. The van der Waals surface area contributed by atoms with E-state index < -0.39 is 5.41 Å². The van der Waals surface area contributed by atoms with Crippen LogP contribution >= 0.6 is 0 Å². The summed E-state index contributed by atoms with van der Waals surface area (Å²) in [6.45, 7) is 3.51. The number of nitrogens with zero attached hydrogens (tertiary/aromatic N) is 1. The van der Waals surface area contributed by atoms with E-state index in [1.165, 1.54) is 0 Å². The summed E-state index contributed by atoms with van der Waals surface area (Å²) in [7, 11) is 0. The van der Waals surface area contributed by atoms with Gasteiger partial charge in [-0.15, -0.1) is 0 Å². The number of carbonyl (C=O) groups is 1. The number of hydrogen-bond donors (Lipinski definition) is 1. The van der Waals surface area contributed by atoms with E-state index >= 15 is 0 Å². The summed E-state index contributed by atoms with van der Waals surface area (Å²) in [4.78, 5) is 12.0. The van der Waals surface area contributed by atoms with Crippen molar-refractivity contribution >= 4 is 5.91 Å². The zero-order valence-electron chi connectivity index (χ0n) is 9.66. The highest BCUT2D eigenvalue weighted by atomic mass is 16.5. The van der Waals surface area contributed by atoms with E-state index in [9.17, 15) is 4.79 Å². The molecule has 16 heavy (non-hydrogen) atoms. The Morgan fingerprint density at radius 1 is 1.62 bits per heavy atom. The molecule has 2 aliphatic rings. The fourth-order valence-electron chi connectivity index (χ4n) is 2.33. The van der Waals surface area contributed by atoms with Gasteiger partial charge in [0.1, 0.15) is 5.41 Å². The van der Waals surface area contributed by atoms with Crippen LogP contribution in [0.3, 0.4) is 0 Å². The second kappa shape index (κ2) is 4.42. The number of rotatable bonds is 3. The number of carbonyl (C=O) groups excluding carboxylic acids is 1. The molecule has 4 nitrogen and oxygen atoms in total. The SMILES string of the molecule is CC(NC(=O)C1(C#N)CCC1)C1CCOC1. The average Bonchev–Trinajstić information content (AvgIpc) is 2.69. The first-order chi connectivity index (χ1) is 7.68. The molecule has 1 aliphatic heterocycles. The van der Waals surface area contributed by atoms with Crippen LogP contribution in [0.25, 0.3) is 0 Å². The maximum atomic E-state index is 12.0. The van der Waals surface area contributed by atoms with Crippen LogP contribution in [0, 0.1) is 22.7 Å². The van der Waals surface area contributed by atoms with Gasteiger partial charge in [0.25, 0.3) is 0 Å². The number of nitriles is 1. The van der Waals surface area contributed by atoms with Gasteiger partial charge in [0.05, 0.1) is 12.7 Å². The molecule has 0 aromatic heterocycles. The summed E-state index contributed by atoms with van der Waals surface area (Å²) in [5.41, 5.74) is -0.728. The average molecular weight is 222 g/mol. The fourth-order valence-corrected chi connectivity index (χ4v) is 2.33. The topological polar surface area (TPSA) is 62.1 Å². The molecule has 2 fully saturated rings. The maximum absolute atomic E-state index is 12.0. The zero-order valence-corrected chi connectivity index (χ0v) is 9.66. The number of hydrogen-bond acceptors (Lipinski definition) is 3. The first kappa shape index (κ1) is 11.4. The van der Waals surface area contributed by atoms with Gasteiger partial charge in [-0.2, -0.15) is 5.26 Å². The Kier molecular flexibility index (Phi) is 3.15. The van der Waals surface area contributed by atoms with Crippen LogP contribution in [0.2, 0.25) is 0 Å². The molecule has 88 valence electrons. The Morgan fingerprint density at radius 2 is 2.38 bits per heavy atom. The van der Waals surface area contributed by atoms with Crippen molar-refractivity contribution in [2.24, 2.45) is 11.3 Å². The van der Waals surface area contributed by atoms with E-state index in [2.05, 4.69) is 11.4 Å². The highest BCUT2D eigenvalue weighted by Gasteiger charge is 2.45. The number of nitrogens with one attached hydrogen (secondary N) is 1. The van der Waals surface area contributed by atoms with Crippen molar-refractivity contribution in [3.8, 4) is 6.07 Å². The molecule has 0 spiro atoms. The predicted octanol–water partition coefficient (Wildman–Crippen LogP) is 1.22. The third-order valence-electron chi connectivity index (χ3n) is 3.89. The lowest BCUT2D eigenvalue weighted by molar-refractivity contribution is -0.132. The first-order valence-electron chi connectivity index (χ1n) is 5.98. The molecule has 1 aliphatic carbocycles. The molecule has 0 radical (unpaired) electrons. The molecule has 1 amide bonds. The molecule has 1 heterocycles. The molecule has 2 unspecified atom stereocenters. The lowest BCUT2D eigenvalue weighted by atomic mass is 9.69. The van der Waals surface area contributed by atoms with Crippen LogP contribution in [0.15, 0.2) is 0 Å². The Morgan fingerprint density at radius 3 is 2.81 bits per heavy atom. The summed E-state index contributed by atoms with van der Waals surface area (Å²) >= 11 is 0. The molecule has 2 rings (SSSR count). The summed E-state index contributed by atoms with van der Waals surface area (Å²) in [6.07, 6.45) is 3.41. The van der Waals surface area contributed by atoms with E-state index in [-0.39, 0.29) is 11.9 Å². The van der Waals surface area contributed by atoms with Crippen molar-refractivity contribution in [3.63, 3.8) is 0 Å². The van der Waals surface area contributed by atoms with Crippen molar-refractivity contribution in [1.29, 1.82) is 5.26 Å². The smallest absolute Gasteiger partial charge is 0.240 e. The van der Waals surface area contributed by atoms with Crippen LogP contribution < -0.4 is 5.32 Å². The highest BCUT2D eigenvalue weighted by Crippen LogP contribution is 2.40. The molecule has 1 N–H and O–H groups in total. The summed E-state index contributed by atoms with van der Waals surface area (Å²) < 4.78 is 5.30. The van der Waals surface area contributed by atoms with Crippen LogP contribution in [0.1, 0.15) is 32.6 Å². The Labute approximate surface area is 96.0 Å². The molecule has 0 aromatic rings. The normalized spacial score (nSPS) is 28.9. The summed E-state index contributed by atoms with van der Waals surface area (Å²) in [6, 6.07) is 2.28. The molecular weight excluding hydrogens is 204 g/mol. The monoisotopic (exact) mass is 222 g/mol. The minimum atomic E-state index is -0.728. The van der Waals surface area contributed by atoms with Crippen LogP contribution in [-0.2, 0) is 9.53 Å². The van der Waals surface area contributed by atoms with Crippen molar-refractivity contribution in [2.75, 3.05) is 13.2 Å². The number of ether oxygens (including phenoxy) is 1. The van der Waals surface area contributed by atoms with Crippen LogP contribution in [-0.4, -0.2) is 25.2 Å². The van der Waals surface area contributed by atoms with Gasteiger partial charge in [0.2, 0.25) is 5.91 Å². The predicted molar refractivity (Wildman–Crippen MR) is 58.4 cm³/mol. The Hall–Kier alpha value is -1.08. The lowest BCUT2D eigenvalue weighted by Gasteiger charge is -2.35. The van der Waals surface area contributed by atoms with E-state index in [0.717, 1.165) is 26.1 Å². The second-order valence-electron chi connectivity index (χ2n) is 4.93. The Balaban J connectivity index is 1.89. The Bertz CT molecular complexity index is 311. The second-order valence-corrected chi connectivity index (χ2v) is 4.93. The van der Waals surface area contributed by atoms with E-state index in [0.29, 0.717) is 18.8 Å². The van der Waals surface area contributed by atoms with Gasteiger partial charge in [-0.1, -0.05) is 0 Å². The molecule has 0 bridgehead atoms. The van der Waals surface area contributed by atoms with Crippen molar-refractivity contribution < 1.29 is 9.53 Å². The van der Waals surface area contributed by atoms with Crippen LogP contribution in [0.5, 0.6) is 0 Å². The van der Waals surface area contributed by atoms with Crippen molar-refractivity contribution in [2.45, 2.75) is 38.6 Å². The number of amides is 1. The molecule has 0 aromatic carbocycles. The van der Waals surface area contributed by atoms with Gasteiger partial charge in [-0.25, -0.2) is 0 Å².